The number of nitrogens with one attached hydrogen (secondary N) is 3. The maximum atomic E-state index is 11.4. The van der Waals surface area contributed by atoms with E-state index in [4.69, 9.17) is 4.74 Å². The van der Waals surface area contributed by atoms with Crippen molar-refractivity contribution in [2.24, 2.45) is 0 Å². The van der Waals surface area contributed by atoms with Crippen LogP contribution in [0.5, 0.6) is 0 Å². The molecule has 1 aliphatic rings. The summed E-state index contributed by atoms with van der Waals surface area (Å²) in [6.45, 7) is 7.28. The van der Waals surface area contributed by atoms with Crippen LogP contribution in [0.3, 0.4) is 0 Å². The molecule has 0 aliphatic carbocycles. The van der Waals surface area contributed by atoms with Gasteiger partial charge in [-0.3, -0.25) is 4.79 Å². The average Bonchev–Trinajstić information content (AvgIpc) is 2.81. The fraction of sp³-hybridized carbons (Fsp3) is 0.174. The number of anilines is 3. The molecule has 154 valence electrons. The lowest BCUT2D eigenvalue weighted by atomic mass is 10.1. The van der Waals surface area contributed by atoms with Crippen LogP contribution in [0.4, 0.5) is 17.2 Å². The minimum Gasteiger partial charge on any atom is -0.379 e. The number of benzene rings is 2. The molecule has 0 bridgehead atoms. The molecule has 3 N–H and O–H groups in total. The molecule has 3 aromatic rings. The van der Waals surface area contributed by atoms with E-state index in [-0.39, 0.29) is 5.91 Å². The van der Waals surface area contributed by atoms with Crippen molar-refractivity contribution in [2.75, 3.05) is 36.9 Å². The Kier molecular flexibility index (Phi) is 8.08. The number of hydrogen-bond acceptors (Lipinski definition) is 6. The third kappa shape index (κ3) is 6.80. The lowest BCUT2D eigenvalue weighted by Gasteiger charge is -2.10. The molecule has 0 unspecified atom stereocenters. The van der Waals surface area contributed by atoms with Gasteiger partial charge in [-0.25, -0.2) is 9.97 Å². The summed E-state index contributed by atoms with van der Waals surface area (Å²) in [5, 5.41) is 9.14. The quantitative estimate of drug-likeness (QED) is 0.564. The van der Waals surface area contributed by atoms with Gasteiger partial charge < -0.3 is 20.7 Å². The smallest absolute Gasteiger partial charge is 0.247 e. The molecule has 7 heteroatoms. The Labute approximate surface area is 176 Å². The number of para-hydroxylation sites is 1. The molecular weight excluding hydrogens is 378 g/mol. The van der Waals surface area contributed by atoms with E-state index in [0.29, 0.717) is 11.5 Å². The summed E-state index contributed by atoms with van der Waals surface area (Å²) in [5.41, 5.74) is 3.29. The highest BCUT2D eigenvalue weighted by molar-refractivity contribution is 5.99. The summed E-state index contributed by atoms with van der Waals surface area (Å²) in [6, 6.07) is 19.1. The highest BCUT2D eigenvalue weighted by atomic mass is 16.5. The summed E-state index contributed by atoms with van der Waals surface area (Å²) >= 11 is 0. The summed E-state index contributed by atoms with van der Waals surface area (Å²) < 4.78 is 5.01. The number of morpholine rings is 1. The molecule has 0 spiro atoms. The monoisotopic (exact) mass is 403 g/mol. The van der Waals surface area contributed by atoms with Crippen LogP contribution in [0.25, 0.3) is 11.3 Å². The van der Waals surface area contributed by atoms with Crippen molar-refractivity contribution in [3.05, 3.63) is 79.6 Å². The van der Waals surface area contributed by atoms with E-state index in [2.05, 4.69) is 32.5 Å². The van der Waals surface area contributed by atoms with Crippen LogP contribution in [-0.2, 0) is 9.53 Å². The lowest BCUT2D eigenvalue weighted by Crippen LogP contribution is -2.30. The zero-order chi connectivity index (χ0) is 21.0. The third-order valence-corrected chi connectivity index (χ3v) is 4.17. The minimum atomic E-state index is -0.249. The second-order valence-electron chi connectivity index (χ2n) is 6.42. The van der Waals surface area contributed by atoms with Crippen molar-refractivity contribution in [2.45, 2.75) is 0 Å². The van der Waals surface area contributed by atoms with E-state index in [1.807, 2.05) is 60.7 Å². The van der Waals surface area contributed by atoms with E-state index in [9.17, 15) is 4.79 Å². The topological polar surface area (TPSA) is 88.2 Å². The number of hydrogen-bond donors (Lipinski definition) is 3. The largest absolute Gasteiger partial charge is 0.379 e. The standard InChI is InChI=1S/C19H16N4O.C4H9NO/c1-2-19(24)23-16-10-6-7-14(11-16)17-12-18(21-13-20-17)22-15-8-4-3-5-9-15;1-3-6-4-2-5-1/h2-13H,1H2,(H,23,24)(H,20,21,22);5H,1-4H2. The highest BCUT2D eigenvalue weighted by Gasteiger charge is 2.05. The molecule has 1 saturated heterocycles. The predicted octanol–water partition coefficient (Wildman–Crippen LogP) is 3.62. The molecule has 7 nitrogen and oxygen atoms in total. The van der Waals surface area contributed by atoms with Gasteiger partial charge in [0.05, 0.1) is 18.9 Å². The maximum Gasteiger partial charge on any atom is 0.247 e. The highest BCUT2D eigenvalue weighted by Crippen LogP contribution is 2.23. The summed E-state index contributed by atoms with van der Waals surface area (Å²) in [6.07, 6.45) is 2.74. The predicted molar refractivity (Wildman–Crippen MR) is 120 cm³/mol. The van der Waals surface area contributed by atoms with Crippen LogP contribution in [0.15, 0.2) is 79.6 Å². The van der Waals surface area contributed by atoms with Crippen LogP contribution in [0, 0.1) is 0 Å². The van der Waals surface area contributed by atoms with E-state index in [1.54, 1.807) is 0 Å². The number of nitrogens with zero attached hydrogens (tertiary/aromatic N) is 2. The van der Waals surface area contributed by atoms with Crippen LogP contribution in [0.1, 0.15) is 0 Å². The number of amides is 1. The Morgan fingerprint density at radius 2 is 1.77 bits per heavy atom. The van der Waals surface area contributed by atoms with E-state index in [1.165, 1.54) is 12.4 Å². The fourth-order valence-electron chi connectivity index (χ4n) is 2.72. The van der Waals surface area contributed by atoms with E-state index >= 15 is 0 Å². The van der Waals surface area contributed by atoms with Gasteiger partial charge in [0, 0.05) is 36.1 Å². The van der Waals surface area contributed by atoms with Gasteiger partial charge in [0.2, 0.25) is 5.91 Å². The Bertz CT molecular complexity index is 947. The summed E-state index contributed by atoms with van der Waals surface area (Å²) in [5.74, 6) is 0.452. The molecule has 30 heavy (non-hydrogen) atoms. The maximum absolute atomic E-state index is 11.4. The first kappa shape index (κ1) is 21.2. The van der Waals surface area contributed by atoms with Gasteiger partial charge in [-0.1, -0.05) is 36.9 Å². The Balaban J connectivity index is 0.000000367. The number of carbonyl (C=O) groups excluding carboxylic acids is 1. The van der Waals surface area contributed by atoms with E-state index in [0.717, 1.165) is 43.2 Å². The van der Waals surface area contributed by atoms with Gasteiger partial charge >= 0.3 is 0 Å². The number of aromatic nitrogens is 2. The van der Waals surface area contributed by atoms with E-state index < -0.39 is 0 Å². The van der Waals surface area contributed by atoms with Gasteiger partial charge in [-0.15, -0.1) is 0 Å². The molecule has 1 fully saturated rings. The molecule has 0 radical (unpaired) electrons. The molecule has 1 aliphatic heterocycles. The van der Waals surface area contributed by atoms with Gasteiger partial charge in [-0.2, -0.15) is 0 Å². The fourth-order valence-corrected chi connectivity index (χ4v) is 2.72. The van der Waals surface area contributed by atoms with Crippen molar-refractivity contribution in [3.8, 4) is 11.3 Å². The number of carbonyl (C=O) groups is 1. The lowest BCUT2D eigenvalue weighted by molar-refractivity contribution is -0.111. The molecule has 0 saturated carbocycles. The Morgan fingerprint density at radius 1 is 1.00 bits per heavy atom. The van der Waals surface area contributed by atoms with Gasteiger partial charge in [-0.05, 0) is 30.3 Å². The SMILES string of the molecule is C1COCCN1.C=CC(=O)Nc1cccc(-c2cc(Nc3ccccc3)ncn2)c1. The zero-order valence-electron chi connectivity index (χ0n) is 16.7. The molecule has 2 aromatic carbocycles. The first-order valence-electron chi connectivity index (χ1n) is 9.71. The van der Waals surface area contributed by atoms with Gasteiger partial charge in [0.15, 0.2) is 0 Å². The Hall–Kier alpha value is -3.55. The number of ether oxygens (including phenoxy) is 1. The average molecular weight is 403 g/mol. The molecule has 0 atom stereocenters. The third-order valence-electron chi connectivity index (χ3n) is 4.17. The van der Waals surface area contributed by atoms with Crippen molar-refractivity contribution in [1.29, 1.82) is 0 Å². The van der Waals surface area contributed by atoms with Crippen LogP contribution >= 0.6 is 0 Å². The van der Waals surface area contributed by atoms with Gasteiger partial charge in [0.25, 0.3) is 0 Å². The zero-order valence-corrected chi connectivity index (χ0v) is 16.7. The summed E-state index contributed by atoms with van der Waals surface area (Å²) in [7, 11) is 0. The molecule has 1 aromatic heterocycles. The Morgan fingerprint density at radius 3 is 2.43 bits per heavy atom. The minimum absolute atomic E-state index is 0.249. The molecular formula is C23H25N5O2. The van der Waals surface area contributed by atoms with Crippen LogP contribution < -0.4 is 16.0 Å². The molecule has 2 heterocycles. The molecule has 4 rings (SSSR count). The van der Waals surface area contributed by atoms with Crippen LogP contribution in [-0.4, -0.2) is 42.2 Å². The first-order chi connectivity index (χ1) is 14.7. The van der Waals surface area contributed by atoms with Crippen molar-refractivity contribution in [1.82, 2.24) is 15.3 Å². The van der Waals surface area contributed by atoms with Crippen molar-refractivity contribution < 1.29 is 9.53 Å². The van der Waals surface area contributed by atoms with Crippen molar-refractivity contribution >= 4 is 23.1 Å². The van der Waals surface area contributed by atoms with Crippen molar-refractivity contribution in [3.63, 3.8) is 0 Å². The molecule has 1 amide bonds. The number of rotatable bonds is 5. The van der Waals surface area contributed by atoms with Crippen LogP contribution in [0.2, 0.25) is 0 Å². The van der Waals surface area contributed by atoms with Gasteiger partial charge in [0.1, 0.15) is 12.1 Å². The second kappa shape index (κ2) is 11.5. The second-order valence-corrected chi connectivity index (χ2v) is 6.42. The summed E-state index contributed by atoms with van der Waals surface area (Å²) in [4.78, 5) is 20.0. The normalized spacial score (nSPS) is 12.8. The first-order valence-corrected chi connectivity index (χ1v) is 9.71.